The first-order valence-corrected chi connectivity index (χ1v) is 11.4. The summed E-state index contributed by atoms with van der Waals surface area (Å²) in [5.74, 6) is 4.62. The molecule has 1 aromatic heterocycles. The number of nitrogens with one attached hydrogen (secondary N) is 2. The third-order valence-corrected chi connectivity index (χ3v) is 5.51. The minimum absolute atomic E-state index is 0. The van der Waals surface area contributed by atoms with Crippen molar-refractivity contribution < 1.29 is 9.47 Å². The molecule has 0 fully saturated rings. The highest BCUT2D eigenvalue weighted by atomic mass is 127. The predicted molar refractivity (Wildman–Crippen MR) is 139 cm³/mol. The van der Waals surface area contributed by atoms with Crippen LogP contribution in [0, 0.1) is 0 Å². The second-order valence-corrected chi connectivity index (χ2v) is 7.73. The van der Waals surface area contributed by atoms with Crippen LogP contribution in [-0.4, -0.2) is 54.6 Å². The normalized spacial score (nSPS) is 13.5. The fraction of sp³-hybridized carbons (Fsp3) is 0.609. The smallest absolute Gasteiger partial charge is 0.191 e. The maximum atomic E-state index is 5.39. The summed E-state index contributed by atoms with van der Waals surface area (Å²) in [6.45, 7) is 5.52. The van der Waals surface area contributed by atoms with Gasteiger partial charge in [0.1, 0.15) is 11.6 Å². The van der Waals surface area contributed by atoms with Gasteiger partial charge >= 0.3 is 0 Å². The van der Waals surface area contributed by atoms with E-state index in [1.54, 1.807) is 14.2 Å². The molecule has 0 aliphatic carbocycles. The highest BCUT2D eigenvalue weighted by Gasteiger charge is 2.14. The summed E-state index contributed by atoms with van der Waals surface area (Å²) >= 11 is 0. The number of ether oxygens (including phenoxy) is 2. The van der Waals surface area contributed by atoms with E-state index in [2.05, 4.69) is 38.4 Å². The lowest BCUT2D eigenvalue weighted by Gasteiger charge is -2.13. The Morgan fingerprint density at radius 3 is 2.69 bits per heavy atom. The molecule has 32 heavy (non-hydrogen) atoms. The topological polar surface area (TPSA) is 85.6 Å². The van der Waals surface area contributed by atoms with Crippen molar-refractivity contribution in [3.63, 3.8) is 0 Å². The van der Waals surface area contributed by atoms with Crippen LogP contribution in [0.2, 0.25) is 0 Å². The Hall–Kier alpha value is -2.04. The summed E-state index contributed by atoms with van der Waals surface area (Å²) in [5, 5.41) is 15.5. The summed E-state index contributed by atoms with van der Waals surface area (Å²) in [4.78, 5) is 4.73. The van der Waals surface area contributed by atoms with E-state index in [0.717, 1.165) is 81.0 Å². The van der Waals surface area contributed by atoms with Gasteiger partial charge < -0.3 is 24.7 Å². The lowest BCUT2D eigenvalue weighted by Crippen LogP contribution is -2.38. The Labute approximate surface area is 208 Å². The van der Waals surface area contributed by atoms with Crippen LogP contribution in [0.1, 0.15) is 49.8 Å². The molecule has 2 heterocycles. The van der Waals surface area contributed by atoms with E-state index in [0.29, 0.717) is 0 Å². The third-order valence-electron chi connectivity index (χ3n) is 5.51. The molecule has 0 spiro atoms. The SMILES string of the molecule is CCNC(=NCCCc1nnc2n1CCCCC2)NCCc1ccc(OC)c(OC)c1.I. The molecule has 0 amide bonds. The van der Waals surface area contributed by atoms with Crippen LogP contribution in [0.15, 0.2) is 23.2 Å². The highest BCUT2D eigenvalue weighted by Crippen LogP contribution is 2.27. The predicted octanol–water partition coefficient (Wildman–Crippen LogP) is 3.37. The zero-order valence-electron chi connectivity index (χ0n) is 19.5. The highest BCUT2D eigenvalue weighted by molar-refractivity contribution is 14.0. The first-order valence-electron chi connectivity index (χ1n) is 11.4. The number of aliphatic imine (C=N–C) groups is 1. The molecule has 0 unspecified atom stereocenters. The average molecular weight is 556 g/mol. The fourth-order valence-electron chi connectivity index (χ4n) is 3.86. The van der Waals surface area contributed by atoms with Gasteiger partial charge in [-0.2, -0.15) is 0 Å². The van der Waals surface area contributed by atoms with Gasteiger partial charge in [-0.1, -0.05) is 12.5 Å². The van der Waals surface area contributed by atoms with Crippen LogP contribution in [0.5, 0.6) is 11.5 Å². The van der Waals surface area contributed by atoms with Gasteiger partial charge in [-0.25, -0.2) is 0 Å². The molecular formula is C23H37IN6O2. The summed E-state index contributed by atoms with van der Waals surface area (Å²) in [6, 6.07) is 6.03. The van der Waals surface area contributed by atoms with Crippen molar-refractivity contribution in [1.82, 2.24) is 25.4 Å². The number of rotatable bonds is 10. The van der Waals surface area contributed by atoms with E-state index in [1.807, 2.05) is 12.1 Å². The number of nitrogens with zero attached hydrogens (tertiary/aromatic N) is 4. The molecule has 178 valence electrons. The maximum absolute atomic E-state index is 5.39. The standard InChI is InChI=1S/C23H36N6O2.HI/c1-4-24-23(26-15-13-18-11-12-19(30-2)20(17-18)31-3)25-14-8-10-22-28-27-21-9-6-5-7-16-29(21)22;/h11-12,17H,4-10,13-16H2,1-3H3,(H2,24,25,26);1H. The molecule has 0 saturated carbocycles. The van der Waals surface area contributed by atoms with Crippen LogP contribution >= 0.6 is 24.0 Å². The zero-order valence-corrected chi connectivity index (χ0v) is 21.9. The fourth-order valence-corrected chi connectivity index (χ4v) is 3.86. The number of benzene rings is 1. The van der Waals surface area contributed by atoms with Crippen LogP contribution in [0.4, 0.5) is 0 Å². The molecule has 9 heteroatoms. The summed E-state index contributed by atoms with van der Waals surface area (Å²) < 4.78 is 13.0. The van der Waals surface area contributed by atoms with Gasteiger partial charge in [0.2, 0.25) is 0 Å². The Bertz CT molecular complexity index is 855. The minimum atomic E-state index is 0. The van der Waals surface area contributed by atoms with E-state index in [-0.39, 0.29) is 24.0 Å². The molecule has 1 aliphatic heterocycles. The van der Waals surface area contributed by atoms with Crippen LogP contribution in [0.25, 0.3) is 0 Å². The van der Waals surface area contributed by atoms with E-state index < -0.39 is 0 Å². The van der Waals surface area contributed by atoms with E-state index in [9.17, 15) is 0 Å². The summed E-state index contributed by atoms with van der Waals surface area (Å²) in [6.07, 6.45) is 7.55. The second-order valence-electron chi connectivity index (χ2n) is 7.73. The molecule has 0 atom stereocenters. The molecule has 1 aromatic carbocycles. The van der Waals surface area contributed by atoms with Crippen molar-refractivity contribution in [3.05, 3.63) is 35.4 Å². The number of hydrogen-bond acceptors (Lipinski definition) is 5. The van der Waals surface area contributed by atoms with Crippen LogP contribution in [0.3, 0.4) is 0 Å². The molecule has 1 aliphatic rings. The first kappa shape index (κ1) is 26.2. The van der Waals surface area contributed by atoms with Gasteiger partial charge in [0.15, 0.2) is 17.5 Å². The quantitative estimate of drug-likeness (QED) is 0.202. The first-order chi connectivity index (χ1) is 15.2. The molecule has 8 nitrogen and oxygen atoms in total. The molecule has 2 N–H and O–H groups in total. The lowest BCUT2D eigenvalue weighted by molar-refractivity contribution is 0.354. The summed E-state index contributed by atoms with van der Waals surface area (Å²) in [5.41, 5.74) is 1.19. The monoisotopic (exact) mass is 556 g/mol. The number of halogens is 1. The Morgan fingerprint density at radius 1 is 1.06 bits per heavy atom. The van der Waals surface area contributed by atoms with Crippen molar-refractivity contribution in [1.29, 1.82) is 0 Å². The van der Waals surface area contributed by atoms with E-state index in [1.165, 1.54) is 24.8 Å². The molecular weight excluding hydrogens is 519 g/mol. The lowest BCUT2D eigenvalue weighted by atomic mass is 10.1. The Kier molecular flexibility index (Phi) is 11.6. The number of guanidine groups is 1. The number of methoxy groups -OCH3 is 2. The molecule has 0 saturated heterocycles. The molecule has 2 aromatic rings. The molecule has 3 rings (SSSR count). The Balaban J connectivity index is 0.00000363. The van der Waals surface area contributed by atoms with Gasteiger partial charge in [0, 0.05) is 39.0 Å². The molecule has 0 bridgehead atoms. The number of fused-ring (bicyclic) bond motifs is 1. The molecule has 0 radical (unpaired) electrons. The van der Waals surface area contributed by atoms with Crippen LogP contribution in [-0.2, 0) is 25.8 Å². The van der Waals surface area contributed by atoms with Gasteiger partial charge in [-0.15, -0.1) is 34.2 Å². The van der Waals surface area contributed by atoms with E-state index in [4.69, 9.17) is 14.5 Å². The number of aromatic nitrogens is 3. The minimum Gasteiger partial charge on any atom is -0.493 e. The van der Waals surface area contributed by atoms with E-state index >= 15 is 0 Å². The van der Waals surface area contributed by atoms with Gasteiger partial charge in [-0.3, -0.25) is 4.99 Å². The van der Waals surface area contributed by atoms with Crippen molar-refractivity contribution in [2.45, 2.75) is 58.4 Å². The van der Waals surface area contributed by atoms with Gasteiger partial charge in [0.05, 0.1) is 14.2 Å². The number of aryl methyl sites for hydroxylation is 2. The van der Waals surface area contributed by atoms with Gasteiger partial charge in [0.25, 0.3) is 0 Å². The maximum Gasteiger partial charge on any atom is 0.191 e. The van der Waals surface area contributed by atoms with Crippen molar-refractivity contribution in [2.24, 2.45) is 4.99 Å². The second kappa shape index (κ2) is 14.2. The van der Waals surface area contributed by atoms with Crippen LogP contribution < -0.4 is 20.1 Å². The van der Waals surface area contributed by atoms with Crippen molar-refractivity contribution >= 4 is 29.9 Å². The number of hydrogen-bond donors (Lipinski definition) is 2. The van der Waals surface area contributed by atoms with Gasteiger partial charge in [-0.05, 0) is 50.3 Å². The zero-order chi connectivity index (χ0) is 21.9. The van der Waals surface area contributed by atoms with Crippen molar-refractivity contribution in [2.75, 3.05) is 33.9 Å². The average Bonchev–Trinajstić information content (AvgIpc) is 3.01. The summed E-state index contributed by atoms with van der Waals surface area (Å²) in [7, 11) is 3.31. The van der Waals surface area contributed by atoms with Crippen molar-refractivity contribution in [3.8, 4) is 11.5 Å². The third kappa shape index (κ3) is 7.53. The largest absolute Gasteiger partial charge is 0.493 e. The Morgan fingerprint density at radius 2 is 1.91 bits per heavy atom.